The number of guanidine groups is 1. The lowest BCUT2D eigenvalue weighted by Gasteiger charge is -2.42. The van der Waals surface area contributed by atoms with Gasteiger partial charge in [0.05, 0.1) is 6.54 Å². The van der Waals surface area contributed by atoms with Gasteiger partial charge in [-0.3, -0.25) is 4.99 Å². The van der Waals surface area contributed by atoms with Crippen LogP contribution in [0.5, 0.6) is 5.75 Å². The van der Waals surface area contributed by atoms with E-state index in [1.54, 1.807) is 14.2 Å². The summed E-state index contributed by atoms with van der Waals surface area (Å²) in [6.45, 7) is 3.07. The Balaban J connectivity index is 1.67. The number of aliphatic imine (C=N–C) groups is 1. The first-order chi connectivity index (χ1) is 11.7. The van der Waals surface area contributed by atoms with Gasteiger partial charge in [0.15, 0.2) is 5.96 Å². The largest absolute Gasteiger partial charge is 0.492 e. The standard InChI is InChI=1S/C18H28BrN3O2/c1-20-17(22-14-18(7-4-8-18)9-11-23-2)21-10-12-24-16-6-3-5-15(19)13-16/h3,5-6,13H,4,7-12,14H2,1-2H3,(H2,20,21,22). The second kappa shape index (κ2) is 9.89. The average Bonchev–Trinajstić information content (AvgIpc) is 2.55. The molecule has 0 atom stereocenters. The molecule has 5 nitrogen and oxygen atoms in total. The highest BCUT2D eigenvalue weighted by atomic mass is 79.9. The fourth-order valence-corrected chi connectivity index (χ4v) is 3.28. The van der Waals surface area contributed by atoms with E-state index in [1.165, 1.54) is 19.3 Å². The summed E-state index contributed by atoms with van der Waals surface area (Å²) in [7, 11) is 3.57. The van der Waals surface area contributed by atoms with Gasteiger partial charge in [-0.05, 0) is 42.9 Å². The fourth-order valence-electron chi connectivity index (χ4n) is 2.90. The summed E-state index contributed by atoms with van der Waals surface area (Å²) in [5, 5.41) is 6.75. The highest BCUT2D eigenvalue weighted by molar-refractivity contribution is 9.10. The van der Waals surface area contributed by atoms with Crippen LogP contribution in [0.2, 0.25) is 0 Å². The summed E-state index contributed by atoms with van der Waals surface area (Å²) in [5.74, 6) is 1.69. The molecule has 134 valence electrons. The van der Waals surface area contributed by atoms with E-state index < -0.39 is 0 Å². The van der Waals surface area contributed by atoms with Crippen molar-refractivity contribution in [2.75, 3.05) is 40.5 Å². The van der Waals surface area contributed by atoms with Crippen molar-refractivity contribution >= 4 is 21.9 Å². The van der Waals surface area contributed by atoms with Crippen molar-refractivity contribution < 1.29 is 9.47 Å². The van der Waals surface area contributed by atoms with Gasteiger partial charge in [-0.25, -0.2) is 0 Å². The number of methoxy groups -OCH3 is 1. The van der Waals surface area contributed by atoms with Gasteiger partial charge >= 0.3 is 0 Å². The normalized spacial score (nSPS) is 16.4. The SMILES string of the molecule is CN=C(NCCOc1cccc(Br)c1)NCC1(CCOC)CCC1. The topological polar surface area (TPSA) is 54.9 Å². The third kappa shape index (κ3) is 5.98. The van der Waals surface area contributed by atoms with Gasteiger partial charge in [-0.15, -0.1) is 0 Å². The molecule has 24 heavy (non-hydrogen) atoms. The summed E-state index contributed by atoms with van der Waals surface area (Å²) in [6, 6.07) is 7.86. The van der Waals surface area contributed by atoms with Crippen molar-refractivity contribution in [1.82, 2.24) is 10.6 Å². The molecule has 2 rings (SSSR count). The van der Waals surface area contributed by atoms with Gasteiger partial charge in [0.25, 0.3) is 0 Å². The van der Waals surface area contributed by atoms with Gasteiger partial charge in [-0.1, -0.05) is 28.4 Å². The predicted octanol–water partition coefficient (Wildman–Crippen LogP) is 3.20. The molecule has 0 unspecified atom stereocenters. The fraction of sp³-hybridized carbons (Fsp3) is 0.611. The molecule has 0 bridgehead atoms. The van der Waals surface area contributed by atoms with Crippen molar-refractivity contribution in [3.05, 3.63) is 28.7 Å². The van der Waals surface area contributed by atoms with Crippen molar-refractivity contribution in [1.29, 1.82) is 0 Å². The van der Waals surface area contributed by atoms with E-state index in [0.717, 1.165) is 35.8 Å². The number of nitrogens with zero attached hydrogens (tertiary/aromatic N) is 1. The lowest BCUT2D eigenvalue weighted by atomic mass is 9.67. The summed E-state index contributed by atoms with van der Waals surface area (Å²) in [6.07, 6.45) is 4.97. The highest BCUT2D eigenvalue weighted by Crippen LogP contribution is 2.43. The summed E-state index contributed by atoms with van der Waals surface area (Å²) < 4.78 is 12.0. The van der Waals surface area contributed by atoms with Crippen LogP contribution >= 0.6 is 15.9 Å². The average molecular weight is 398 g/mol. The smallest absolute Gasteiger partial charge is 0.191 e. The van der Waals surface area contributed by atoms with Gasteiger partial charge in [-0.2, -0.15) is 0 Å². The van der Waals surface area contributed by atoms with Gasteiger partial charge < -0.3 is 20.1 Å². The maximum absolute atomic E-state index is 5.72. The Morgan fingerprint density at radius 1 is 1.29 bits per heavy atom. The summed E-state index contributed by atoms with van der Waals surface area (Å²) >= 11 is 3.44. The van der Waals surface area contributed by atoms with Crippen LogP contribution in [0.25, 0.3) is 0 Å². The van der Waals surface area contributed by atoms with Crippen LogP contribution in [0.1, 0.15) is 25.7 Å². The van der Waals surface area contributed by atoms with Crippen molar-refractivity contribution in [2.45, 2.75) is 25.7 Å². The van der Waals surface area contributed by atoms with Crippen LogP contribution in [-0.2, 0) is 4.74 Å². The Bertz CT molecular complexity index is 533. The molecule has 2 N–H and O–H groups in total. The Morgan fingerprint density at radius 2 is 2.12 bits per heavy atom. The minimum absolute atomic E-state index is 0.375. The Kier molecular flexibility index (Phi) is 7.85. The Hall–Kier alpha value is -1.27. The Labute approximate surface area is 153 Å². The van der Waals surface area contributed by atoms with Crippen LogP contribution < -0.4 is 15.4 Å². The van der Waals surface area contributed by atoms with Crippen LogP contribution in [0, 0.1) is 5.41 Å². The van der Waals surface area contributed by atoms with E-state index in [4.69, 9.17) is 9.47 Å². The number of hydrogen-bond donors (Lipinski definition) is 2. The first kappa shape index (κ1) is 19.1. The van der Waals surface area contributed by atoms with Crippen molar-refractivity contribution in [2.24, 2.45) is 10.4 Å². The molecular weight excluding hydrogens is 370 g/mol. The molecule has 0 aliphatic heterocycles. The molecule has 0 amide bonds. The maximum Gasteiger partial charge on any atom is 0.191 e. The summed E-state index contributed by atoms with van der Waals surface area (Å²) in [5.41, 5.74) is 0.375. The number of hydrogen-bond acceptors (Lipinski definition) is 3. The first-order valence-electron chi connectivity index (χ1n) is 8.49. The van der Waals surface area contributed by atoms with Crippen LogP contribution in [-0.4, -0.2) is 46.4 Å². The molecule has 0 radical (unpaired) electrons. The van der Waals surface area contributed by atoms with E-state index >= 15 is 0 Å². The number of benzene rings is 1. The van der Waals surface area contributed by atoms with E-state index in [9.17, 15) is 0 Å². The molecule has 1 aromatic rings. The predicted molar refractivity (Wildman–Crippen MR) is 102 cm³/mol. The first-order valence-corrected chi connectivity index (χ1v) is 9.29. The minimum Gasteiger partial charge on any atom is -0.492 e. The van der Waals surface area contributed by atoms with Crippen LogP contribution in [0.15, 0.2) is 33.7 Å². The molecule has 1 aliphatic rings. The lowest BCUT2D eigenvalue weighted by Crippen LogP contribution is -2.47. The second-order valence-corrected chi connectivity index (χ2v) is 7.17. The lowest BCUT2D eigenvalue weighted by molar-refractivity contribution is 0.0732. The van der Waals surface area contributed by atoms with Crippen LogP contribution in [0.3, 0.4) is 0 Å². The number of rotatable bonds is 9. The number of halogens is 1. The zero-order valence-corrected chi connectivity index (χ0v) is 16.2. The molecule has 0 spiro atoms. The third-order valence-electron chi connectivity index (χ3n) is 4.56. The molecule has 6 heteroatoms. The number of ether oxygens (including phenoxy) is 2. The molecule has 0 saturated heterocycles. The number of nitrogens with one attached hydrogen (secondary N) is 2. The highest BCUT2D eigenvalue weighted by Gasteiger charge is 2.36. The van der Waals surface area contributed by atoms with Gasteiger partial charge in [0.1, 0.15) is 12.4 Å². The molecule has 0 heterocycles. The molecule has 1 aromatic carbocycles. The maximum atomic E-state index is 5.72. The zero-order chi connectivity index (χ0) is 17.3. The van der Waals surface area contributed by atoms with Gasteiger partial charge in [0.2, 0.25) is 0 Å². The molecular formula is C18H28BrN3O2. The van der Waals surface area contributed by atoms with E-state index in [0.29, 0.717) is 18.6 Å². The molecule has 1 saturated carbocycles. The minimum atomic E-state index is 0.375. The summed E-state index contributed by atoms with van der Waals surface area (Å²) in [4.78, 5) is 4.29. The van der Waals surface area contributed by atoms with Crippen molar-refractivity contribution in [3.8, 4) is 5.75 Å². The van der Waals surface area contributed by atoms with Crippen LogP contribution in [0.4, 0.5) is 0 Å². The monoisotopic (exact) mass is 397 g/mol. The van der Waals surface area contributed by atoms with Gasteiger partial charge in [0, 0.05) is 31.8 Å². The second-order valence-electron chi connectivity index (χ2n) is 6.25. The zero-order valence-electron chi connectivity index (χ0n) is 14.6. The van der Waals surface area contributed by atoms with E-state index in [2.05, 4.69) is 31.6 Å². The third-order valence-corrected chi connectivity index (χ3v) is 5.06. The van der Waals surface area contributed by atoms with E-state index in [1.807, 2.05) is 24.3 Å². The molecule has 1 fully saturated rings. The molecule has 0 aromatic heterocycles. The Morgan fingerprint density at radius 3 is 2.75 bits per heavy atom. The molecule has 1 aliphatic carbocycles. The quantitative estimate of drug-likeness (QED) is 0.381. The van der Waals surface area contributed by atoms with E-state index in [-0.39, 0.29) is 0 Å². The van der Waals surface area contributed by atoms with Crippen molar-refractivity contribution in [3.63, 3.8) is 0 Å².